The van der Waals surface area contributed by atoms with Crippen molar-refractivity contribution in [3.05, 3.63) is 29.8 Å². The molecule has 2 rings (SSSR count). The summed E-state index contributed by atoms with van der Waals surface area (Å²) in [4.78, 5) is 0. The molecule has 1 aliphatic rings. The number of hydrogen-bond acceptors (Lipinski definition) is 4. The van der Waals surface area contributed by atoms with E-state index in [0.29, 0.717) is 12.0 Å². The molecule has 0 fully saturated rings. The van der Waals surface area contributed by atoms with Crippen LogP contribution in [0.15, 0.2) is 37.8 Å². The first-order chi connectivity index (χ1) is 9.63. The molecule has 0 aliphatic carbocycles. The second kappa shape index (κ2) is 5.61. The summed E-state index contributed by atoms with van der Waals surface area (Å²) in [6, 6.07) is 5.35. The Morgan fingerprint density at radius 2 is 1.52 bits per heavy atom. The third kappa shape index (κ3) is 4.44. The largest absolute Gasteiger partial charge is 0.441 e. The van der Waals surface area contributed by atoms with Gasteiger partial charge in [0.15, 0.2) is 0 Å². The van der Waals surface area contributed by atoms with Crippen molar-refractivity contribution in [1.82, 2.24) is 0 Å². The zero-order chi connectivity index (χ0) is 15.7. The zero-order valence-corrected chi connectivity index (χ0v) is 12.8. The summed E-state index contributed by atoms with van der Waals surface area (Å²) in [6.07, 6.45) is 5.40. The van der Waals surface area contributed by atoms with Crippen LogP contribution in [0.3, 0.4) is 0 Å². The first kappa shape index (κ1) is 16.3. The lowest BCUT2D eigenvalue weighted by molar-refractivity contribution is 0.548. The van der Waals surface area contributed by atoms with Gasteiger partial charge in [-0.15, -0.1) is 46.9 Å². The summed E-state index contributed by atoms with van der Waals surface area (Å²) in [5, 5.41) is 0. The van der Waals surface area contributed by atoms with Gasteiger partial charge in [-0.1, -0.05) is 12.1 Å². The van der Waals surface area contributed by atoms with Crippen LogP contribution in [0.5, 0.6) is 5.75 Å². The van der Waals surface area contributed by atoms with Gasteiger partial charge < -0.3 is 4.52 Å². The molecule has 21 heavy (non-hydrogen) atoms. The maximum Gasteiger partial charge on any atom is 0.441 e. The Morgan fingerprint density at radius 3 is 2.05 bits per heavy atom. The van der Waals surface area contributed by atoms with Crippen molar-refractivity contribution in [1.29, 1.82) is 0 Å². The van der Waals surface area contributed by atoms with Crippen molar-refractivity contribution in [2.45, 2.75) is 6.42 Å². The van der Waals surface area contributed by atoms with Gasteiger partial charge >= 0.3 is 23.4 Å². The highest BCUT2D eigenvalue weighted by molar-refractivity contribution is 7.77. The predicted octanol–water partition coefficient (Wildman–Crippen LogP) is 6.94. The normalized spacial score (nSPS) is 25.7. The third-order valence-electron chi connectivity index (χ3n) is 2.10. The van der Waals surface area contributed by atoms with E-state index in [-0.39, 0.29) is 5.75 Å². The first-order valence-corrected chi connectivity index (χ1v) is 9.70. The molecule has 1 unspecified atom stereocenters. The second-order valence-electron chi connectivity index (χ2n) is 3.77. The minimum atomic E-state index is -5.76. The van der Waals surface area contributed by atoms with Crippen LogP contribution >= 0.6 is 23.4 Å². The fourth-order valence-corrected chi connectivity index (χ4v) is 6.64. The van der Waals surface area contributed by atoms with Crippen LogP contribution in [0, 0.1) is 12.3 Å². The SMILES string of the molecule is C#CCc1ccc(OP2(F)=NP(F)(F)=NP(F)(F)=N2)cc1. The van der Waals surface area contributed by atoms with Crippen molar-refractivity contribution < 1.29 is 25.5 Å². The number of rotatable bonds is 3. The average Bonchev–Trinajstić information content (AvgIpc) is 2.26. The third-order valence-corrected chi connectivity index (χ3v) is 7.75. The van der Waals surface area contributed by atoms with E-state index < -0.39 is 23.4 Å². The molecule has 0 radical (unpaired) electrons. The first-order valence-electron chi connectivity index (χ1n) is 5.25. The Bertz CT molecular complexity index is 750. The van der Waals surface area contributed by atoms with E-state index in [1.165, 1.54) is 24.3 Å². The van der Waals surface area contributed by atoms with Gasteiger partial charge in [-0.25, -0.2) is 0 Å². The highest BCUT2D eigenvalue weighted by atomic mass is 31.3. The lowest BCUT2D eigenvalue weighted by atomic mass is 10.1. The Balaban J connectivity index is 2.35. The topological polar surface area (TPSA) is 46.3 Å². The van der Waals surface area contributed by atoms with E-state index in [0.717, 1.165) is 0 Å². The summed E-state index contributed by atoms with van der Waals surface area (Å²) < 4.78 is 77.3. The predicted molar refractivity (Wildman–Crippen MR) is 73.2 cm³/mol. The van der Waals surface area contributed by atoms with Gasteiger partial charge in [-0.05, 0) is 17.7 Å². The molecule has 1 aliphatic heterocycles. The molecule has 114 valence electrons. The lowest BCUT2D eigenvalue weighted by Gasteiger charge is -2.17. The Morgan fingerprint density at radius 1 is 0.952 bits per heavy atom. The van der Waals surface area contributed by atoms with Crippen LogP contribution in [0.2, 0.25) is 0 Å². The van der Waals surface area contributed by atoms with E-state index >= 15 is 0 Å². The Hall–Kier alpha value is -1.08. The van der Waals surface area contributed by atoms with E-state index in [1.54, 1.807) is 0 Å². The van der Waals surface area contributed by atoms with Crippen molar-refractivity contribution in [3.63, 3.8) is 0 Å². The second-order valence-corrected chi connectivity index (χ2v) is 8.87. The number of benzene rings is 1. The van der Waals surface area contributed by atoms with E-state index in [9.17, 15) is 21.0 Å². The Labute approximate surface area is 117 Å². The highest BCUT2D eigenvalue weighted by Crippen LogP contribution is 2.81. The van der Waals surface area contributed by atoms with Crippen LogP contribution in [-0.4, -0.2) is 0 Å². The molecule has 0 bridgehead atoms. The van der Waals surface area contributed by atoms with Crippen molar-refractivity contribution in [2.75, 3.05) is 0 Å². The van der Waals surface area contributed by atoms with Gasteiger partial charge in [-0.2, -0.15) is 0 Å². The molecular formula is C9H7F5N3OP3. The van der Waals surface area contributed by atoms with Crippen LogP contribution in [-0.2, 0) is 6.42 Å². The summed E-state index contributed by atoms with van der Waals surface area (Å²) in [5.74, 6) is 2.13. The molecule has 0 amide bonds. The molecule has 0 saturated carbocycles. The van der Waals surface area contributed by atoms with E-state index in [4.69, 9.17) is 6.42 Å². The smallest absolute Gasteiger partial charge is 0.419 e. The van der Waals surface area contributed by atoms with Gasteiger partial charge in [0.25, 0.3) is 0 Å². The van der Waals surface area contributed by atoms with Crippen LogP contribution in [0.4, 0.5) is 21.0 Å². The fraction of sp³-hybridized carbons (Fsp3) is 0.111. The average molecular weight is 361 g/mol. The molecule has 1 aromatic rings. The minimum absolute atomic E-state index is 0.235. The van der Waals surface area contributed by atoms with Gasteiger partial charge in [0.2, 0.25) is 0 Å². The van der Waals surface area contributed by atoms with Crippen molar-refractivity contribution in [2.24, 2.45) is 13.5 Å². The minimum Gasteiger partial charge on any atom is -0.419 e. The number of halogens is 5. The molecule has 12 heteroatoms. The quantitative estimate of drug-likeness (QED) is 0.327. The monoisotopic (exact) mass is 361 g/mol. The summed E-state index contributed by atoms with van der Waals surface area (Å²) in [7, 11) is -16.7. The van der Waals surface area contributed by atoms with Crippen LogP contribution in [0.25, 0.3) is 0 Å². The molecule has 0 spiro atoms. The number of hydrogen-bond donors (Lipinski definition) is 0. The molecule has 0 N–H and O–H groups in total. The van der Waals surface area contributed by atoms with Gasteiger partial charge in [0.05, 0.1) is 0 Å². The summed E-state index contributed by atoms with van der Waals surface area (Å²) >= 11 is 0. The van der Waals surface area contributed by atoms with Gasteiger partial charge in [0, 0.05) is 6.42 Å². The molecule has 0 saturated heterocycles. The van der Waals surface area contributed by atoms with Gasteiger partial charge in [0.1, 0.15) is 5.75 Å². The van der Waals surface area contributed by atoms with Crippen LogP contribution < -0.4 is 4.52 Å². The maximum atomic E-state index is 14.1. The summed E-state index contributed by atoms with van der Waals surface area (Å²) in [6.45, 7) is 0. The summed E-state index contributed by atoms with van der Waals surface area (Å²) in [5.41, 5.74) is 0.694. The van der Waals surface area contributed by atoms with Crippen molar-refractivity contribution >= 4 is 23.4 Å². The molecule has 1 heterocycles. The highest BCUT2D eigenvalue weighted by Gasteiger charge is 2.41. The molecule has 1 aromatic carbocycles. The molecule has 0 aromatic heterocycles. The van der Waals surface area contributed by atoms with Crippen molar-refractivity contribution in [3.8, 4) is 18.1 Å². The number of terminal acetylenes is 1. The lowest BCUT2D eigenvalue weighted by Crippen LogP contribution is -1.88. The maximum absolute atomic E-state index is 14.1. The molecule has 4 nitrogen and oxygen atoms in total. The molecular weight excluding hydrogens is 354 g/mol. The standard InChI is InChI=1S/C9H7F5N3OP3/c1-2-3-8-4-6-9(7-5-8)18-21(14)16-19(10,11)15-20(12,13)17-21/h1,4-7H,3H2. The number of nitrogens with zero attached hydrogens (tertiary/aromatic N) is 3. The van der Waals surface area contributed by atoms with E-state index in [1.807, 2.05) is 4.52 Å². The van der Waals surface area contributed by atoms with Gasteiger partial charge in [-0.3, -0.25) is 0 Å². The Kier molecular flexibility index (Phi) is 4.35. The fourth-order valence-electron chi connectivity index (χ4n) is 1.41. The van der Waals surface area contributed by atoms with E-state index in [2.05, 4.69) is 19.5 Å². The molecule has 1 atom stereocenters. The zero-order valence-electron chi connectivity index (χ0n) is 10.1. The van der Waals surface area contributed by atoms with Crippen LogP contribution in [0.1, 0.15) is 5.56 Å².